The second-order valence-electron chi connectivity index (χ2n) is 6.25. The fourth-order valence-electron chi connectivity index (χ4n) is 3.04. The maximum atomic E-state index is 12.9. The van der Waals surface area contributed by atoms with Crippen molar-refractivity contribution in [3.8, 4) is 0 Å². The quantitative estimate of drug-likeness (QED) is 0.560. The molecule has 1 N–H and O–H groups in total. The van der Waals surface area contributed by atoms with E-state index in [9.17, 15) is 9.59 Å². The molecule has 0 spiro atoms. The van der Waals surface area contributed by atoms with Crippen molar-refractivity contribution >= 4 is 29.0 Å². The zero-order chi connectivity index (χ0) is 19.2. The first kappa shape index (κ1) is 18.9. The van der Waals surface area contributed by atoms with Crippen molar-refractivity contribution in [2.24, 2.45) is 0 Å². The van der Waals surface area contributed by atoms with Gasteiger partial charge in [0.2, 0.25) is 5.91 Å². The molecule has 1 atom stereocenters. The number of carbonyl (C=O) groups excluding carboxylic acids is 2. The van der Waals surface area contributed by atoms with Gasteiger partial charge in [-0.05, 0) is 30.2 Å². The van der Waals surface area contributed by atoms with Crippen LogP contribution in [-0.2, 0) is 4.79 Å². The average molecular weight is 378 g/mol. The Morgan fingerprint density at radius 1 is 0.926 bits per heavy atom. The lowest BCUT2D eigenvalue weighted by molar-refractivity contribution is -0.117. The van der Waals surface area contributed by atoms with Gasteiger partial charge in [0.25, 0.3) is 0 Å². The van der Waals surface area contributed by atoms with E-state index in [1.165, 1.54) is 0 Å². The Balaban J connectivity index is 1.91. The van der Waals surface area contributed by atoms with Gasteiger partial charge in [-0.25, -0.2) is 0 Å². The standard InChI is InChI=1S/C23H20ClNO2/c1-2-19(16-9-5-3-6-10-16)23(27)25-21-14-13-18(24)15-20(21)22(26)17-11-7-4-8-12-17/h3-15,19H,2H2,1H3,(H,25,27)/t19-/m1/s1. The van der Waals surface area contributed by atoms with Gasteiger partial charge in [-0.15, -0.1) is 0 Å². The van der Waals surface area contributed by atoms with E-state index in [2.05, 4.69) is 5.32 Å². The largest absolute Gasteiger partial charge is 0.325 e. The summed E-state index contributed by atoms with van der Waals surface area (Å²) in [6, 6.07) is 23.5. The Labute approximate surface area is 164 Å². The highest BCUT2D eigenvalue weighted by molar-refractivity contribution is 6.31. The summed E-state index contributed by atoms with van der Waals surface area (Å²) in [6.45, 7) is 1.97. The second kappa shape index (κ2) is 8.65. The fraction of sp³-hybridized carbons (Fsp3) is 0.130. The summed E-state index contributed by atoms with van der Waals surface area (Å²) in [4.78, 5) is 25.8. The highest BCUT2D eigenvalue weighted by atomic mass is 35.5. The van der Waals surface area contributed by atoms with E-state index in [0.29, 0.717) is 28.3 Å². The summed E-state index contributed by atoms with van der Waals surface area (Å²) in [7, 11) is 0. The predicted molar refractivity (Wildman–Crippen MR) is 109 cm³/mol. The van der Waals surface area contributed by atoms with Crippen LogP contribution >= 0.6 is 11.6 Å². The lowest BCUT2D eigenvalue weighted by Crippen LogP contribution is -2.22. The zero-order valence-corrected chi connectivity index (χ0v) is 15.7. The van der Waals surface area contributed by atoms with Gasteiger partial charge in [0, 0.05) is 16.1 Å². The first-order chi connectivity index (χ1) is 13.1. The molecule has 136 valence electrons. The molecule has 0 aromatic heterocycles. The van der Waals surface area contributed by atoms with Gasteiger partial charge in [-0.1, -0.05) is 79.2 Å². The van der Waals surface area contributed by atoms with Crippen LogP contribution in [0, 0.1) is 0 Å². The maximum absolute atomic E-state index is 12.9. The van der Waals surface area contributed by atoms with Crippen LogP contribution in [-0.4, -0.2) is 11.7 Å². The Morgan fingerprint density at radius 3 is 2.19 bits per heavy atom. The molecule has 0 heterocycles. The van der Waals surface area contributed by atoms with E-state index >= 15 is 0 Å². The first-order valence-electron chi connectivity index (χ1n) is 8.85. The molecule has 0 fully saturated rings. The van der Waals surface area contributed by atoms with Crippen LogP contribution in [0.2, 0.25) is 5.02 Å². The van der Waals surface area contributed by atoms with Crippen LogP contribution in [0.3, 0.4) is 0 Å². The summed E-state index contributed by atoms with van der Waals surface area (Å²) >= 11 is 6.11. The molecule has 0 saturated carbocycles. The van der Waals surface area contributed by atoms with Gasteiger partial charge >= 0.3 is 0 Å². The molecule has 0 aliphatic heterocycles. The molecular weight excluding hydrogens is 358 g/mol. The molecule has 0 aliphatic rings. The number of amides is 1. The molecule has 0 aliphatic carbocycles. The van der Waals surface area contributed by atoms with Crippen molar-refractivity contribution in [1.82, 2.24) is 0 Å². The normalized spacial score (nSPS) is 11.6. The monoisotopic (exact) mass is 377 g/mol. The molecule has 0 radical (unpaired) electrons. The van der Waals surface area contributed by atoms with Crippen LogP contribution < -0.4 is 5.32 Å². The fourth-order valence-corrected chi connectivity index (χ4v) is 3.21. The van der Waals surface area contributed by atoms with Gasteiger partial charge in [-0.3, -0.25) is 9.59 Å². The number of hydrogen-bond acceptors (Lipinski definition) is 2. The summed E-state index contributed by atoms with van der Waals surface area (Å²) in [5.74, 6) is -0.615. The van der Waals surface area contributed by atoms with Gasteiger partial charge in [0.05, 0.1) is 11.6 Å². The maximum Gasteiger partial charge on any atom is 0.231 e. The molecule has 3 aromatic rings. The number of ketones is 1. The molecular formula is C23H20ClNO2. The van der Waals surface area contributed by atoms with Gasteiger partial charge in [-0.2, -0.15) is 0 Å². The van der Waals surface area contributed by atoms with E-state index in [0.717, 1.165) is 5.56 Å². The molecule has 0 saturated heterocycles. The van der Waals surface area contributed by atoms with Crippen LogP contribution in [0.15, 0.2) is 78.9 Å². The molecule has 3 aromatic carbocycles. The van der Waals surface area contributed by atoms with E-state index in [4.69, 9.17) is 11.6 Å². The second-order valence-corrected chi connectivity index (χ2v) is 6.68. The third kappa shape index (κ3) is 4.44. The molecule has 27 heavy (non-hydrogen) atoms. The molecule has 1 amide bonds. The first-order valence-corrected chi connectivity index (χ1v) is 9.23. The van der Waals surface area contributed by atoms with Gasteiger partial charge in [0.1, 0.15) is 0 Å². The van der Waals surface area contributed by atoms with Crippen LogP contribution in [0.4, 0.5) is 5.69 Å². The SMILES string of the molecule is CC[C@@H](C(=O)Nc1ccc(Cl)cc1C(=O)c1ccccc1)c1ccccc1. The molecule has 0 unspecified atom stereocenters. The van der Waals surface area contributed by atoms with Crippen molar-refractivity contribution in [3.05, 3.63) is 101 Å². The minimum atomic E-state index is -0.290. The number of hydrogen-bond donors (Lipinski definition) is 1. The third-order valence-corrected chi connectivity index (χ3v) is 4.68. The third-order valence-electron chi connectivity index (χ3n) is 4.45. The van der Waals surface area contributed by atoms with Crippen molar-refractivity contribution in [1.29, 1.82) is 0 Å². The Kier molecular flexibility index (Phi) is 6.05. The van der Waals surface area contributed by atoms with E-state index in [1.54, 1.807) is 42.5 Å². The van der Waals surface area contributed by atoms with Gasteiger partial charge in [0.15, 0.2) is 5.78 Å². The number of benzene rings is 3. The van der Waals surface area contributed by atoms with Crippen LogP contribution in [0.25, 0.3) is 0 Å². The van der Waals surface area contributed by atoms with E-state index in [-0.39, 0.29) is 17.6 Å². The summed E-state index contributed by atoms with van der Waals surface area (Å²) in [5, 5.41) is 3.37. The van der Waals surface area contributed by atoms with Crippen molar-refractivity contribution in [3.63, 3.8) is 0 Å². The van der Waals surface area contributed by atoms with Crippen molar-refractivity contribution < 1.29 is 9.59 Å². The number of halogens is 1. The Bertz CT molecular complexity index is 939. The lowest BCUT2D eigenvalue weighted by Gasteiger charge is -2.17. The molecule has 3 nitrogen and oxygen atoms in total. The number of rotatable bonds is 6. The topological polar surface area (TPSA) is 46.2 Å². The average Bonchev–Trinajstić information content (AvgIpc) is 2.71. The number of anilines is 1. The minimum Gasteiger partial charge on any atom is -0.325 e. The Morgan fingerprint density at radius 2 is 1.56 bits per heavy atom. The van der Waals surface area contributed by atoms with Gasteiger partial charge < -0.3 is 5.32 Å². The molecule has 3 rings (SSSR count). The van der Waals surface area contributed by atoms with E-state index < -0.39 is 0 Å². The zero-order valence-electron chi connectivity index (χ0n) is 15.0. The predicted octanol–water partition coefficient (Wildman–Crippen LogP) is 5.70. The van der Waals surface area contributed by atoms with E-state index in [1.807, 2.05) is 43.3 Å². The van der Waals surface area contributed by atoms with Crippen molar-refractivity contribution in [2.45, 2.75) is 19.3 Å². The number of carbonyl (C=O) groups is 2. The highest BCUT2D eigenvalue weighted by Gasteiger charge is 2.21. The summed E-state index contributed by atoms with van der Waals surface area (Å²) in [6.07, 6.45) is 0.658. The highest BCUT2D eigenvalue weighted by Crippen LogP contribution is 2.26. The Hall–Kier alpha value is -2.91. The summed E-state index contributed by atoms with van der Waals surface area (Å²) < 4.78 is 0. The number of nitrogens with one attached hydrogen (secondary N) is 1. The molecule has 4 heteroatoms. The smallest absolute Gasteiger partial charge is 0.231 e. The van der Waals surface area contributed by atoms with Crippen molar-refractivity contribution in [2.75, 3.05) is 5.32 Å². The van der Waals surface area contributed by atoms with Crippen LogP contribution in [0.5, 0.6) is 0 Å². The minimum absolute atomic E-state index is 0.145. The lowest BCUT2D eigenvalue weighted by atomic mass is 9.95. The van der Waals surface area contributed by atoms with Crippen LogP contribution in [0.1, 0.15) is 40.7 Å². The molecule has 0 bridgehead atoms. The summed E-state index contributed by atoms with van der Waals surface area (Å²) in [5.41, 5.74) is 2.34.